The molecule has 7 nitrogen and oxygen atoms in total. The van der Waals surface area contributed by atoms with Crippen molar-refractivity contribution in [2.45, 2.75) is 31.7 Å². The van der Waals surface area contributed by atoms with Gasteiger partial charge in [-0.25, -0.2) is 0 Å². The highest BCUT2D eigenvalue weighted by Gasteiger charge is 2.25. The zero-order valence-electron chi connectivity index (χ0n) is 9.82. The Morgan fingerprint density at radius 3 is 3.17 bits per heavy atom. The molecule has 0 saturated heterocycles. The summed E-state index contributed by atoms with van der Waals surface area (Å²) in [7, 11) is 0. The summed E-state index contributed by atoms with van der Waals surface area (Å²) in [5, 5.41) is 28.1. The van der Waals surface area contributed by atoms with Crippen molar-refractivity contribution in [2.75, 3.05) is 0 Å². The SMILES string of the molecule is N#CC1CCCC(n2nnc(-c3ccn[nH]3)n2)C1. The quantitative estimate of drug-likeness (QED) is 0.858. The van der Waals surface area contributed by atoms with Crippen LogP contribution >= 0.6 is 0 Å². The molecule has 0 radical (unpaired) electrons. The van der Waals surface area contributed by atoms with Crippen LogP contribution in [0.2, 0.25) is 0 Å². The van der Waals surface area contributed by atoms with Gasteiger partial charge in [0, 0.05) is 12.1 Å². The third kappa shape index (κ3) is 1.97. The van der Waals surface area contributed by atoms with E-state index in [1.54, 1.807) is 17.1 Å². The number of aromatic amines is 1. The van der Waals surface area contributed by atoms with E-state index < -0.39 is 0 Å². The predicted molar refractivity (Wildman–Crippen MR) is 62.0 cm³/mol. The molecule has 1 saturated carbocycles. The van der Waals surface area contributed by atoms with Crippen LogP contribution in [0, 0.1) is 17.2 Å². The molecule has 2 heterocycles. The summed E-state index contributed by atoms with van der Waals surface area (Å²) in [6.07, 6.45) is 5.51. The summed E-state index contributed by atoms with van der Waals surface area (Å²) < 4.78 is 0. The van der Waals surface area contributed by atoms with E-state index in [9.17, 15) is 0 Å². The smallest absolute Gasteiger partial charge is 0.222 e. The molecule has 3 rings (SSSR count). The van der Waals surface area contributed by atoms with Gasteiger partial charge in [-0.1, -0.05) is 0 Å². The number of nitriles is 1. The lowest BCUT2D eigenvalue weighted by Crippen LogP contribution is -2.20. The van der Waals surface area contributed by atoms with Crippen LogP contribution in [-0.2, 0) is 0 Å². The van der Waals surface area contributed by atoms with Crippen molar-refractivity contribution in [1.82, 2.24) is 30.4 Å². The van der Waals surface area contributed by atoms with E-state index >= 15 is 0 Å². The first kappa shape index (κ1) is 10.9. The average Bonchev–Trinajstić information content (AvgIpc) is 3.09. The standard InChI is InChI=1S/C11H13N7/c12-7-8-2-1-3-9(6-8)18-16-11(15-17-18)10-4-5-13-14-10/h4-5,8-9H,1-3,6H2,(H,13,14). The van der Waals surface area contributed by atoms with E-state index in [-0.39, 0.29) is 12.0 Å². The highest BCUT2D eigenvalue weighted by Crippen LogP contribution is 2.31. The fourth-order valence-corrected chi connectivity index (χ4v) is 2.36. The Hall–Kier alpha value is -2.23. The van der Waals surface area contributed by atoms with Crippen molar-refractivity contribution in [3.05, 3.63) is 12.3 Å². The number of tetrazole rings is 1. The van der Waals surface area contributed by atoms with Crippen LogP contribution in [0.5, 0.6) is 0 Å². The third-order valence-corrected chi connectivity index (χ3v) is 3.33. The van der Waals surface area contributed by atoms with Gasteiger partial charge in [-0.05, 0) is 37.0 Å². The van der Waals surface area contributed by atoms with E-state index in [0.29, 0.717) is 5.82 Å². The lowest BCUT2D eigenvalue weighted by Gasteiger charge is -2.23. The van der Waals surface area contributed by atoms with Gasteiger partial charge in [-0.15, -0.1) is 10.2 Å². The largest absolute Gasteiger partial charge is 0.274 e. The maximum absolute atomic E-state index is 8.98. The first-order valence-electron chi connectivity index (χ1n) is 6.05. The highest BCUT2D eigenvalue weighted by molar-refractivity contribution is 5.45. The number of rotatable bonds is 2. The maximum Gasteiger partial charge on any atom is 0.222 e. The van der Waals surface area contributed by atoms with Gasteiger partial charge in [0.2, 0.25) is 5.82 Å². The molecule has 2 atom stereocenters. The maximum atomic E-state index is 8.98. The lowest BCUT2D eigenvalue weighted by atomic mass is 9.87. The summed E-state index contributed by atoms with van der Waals surface area (Å²) in [4.78, 5) is 1.64. The third-order valence-electron chi connectivity index (χ3n) is 3.33. The van der Waals surface area contributed by atoms with Crippen molar-refractivity contribution in [2.24, 2.45) is 5.92 Å². The molecule has 1 aliphatic carbocycles. The highest BCUT2D eigenvalue weighted by atomic mass is 15.6. The lowest BCUT2D eigenvalue weighted by molar-refractivity contribution is 0.264. The molecule has 0 amide bonds. The van der Waals surface area contributed by atoms with Crippen LogP contribution in [0.15, 0.2) is 12.3 Å². The van der Waals surface area contributed by atoms with E-state index in [2.05, 4.69) is 31.7 Å². The molecule has 0 spiro atoms. The molecule has 0 aliphatic heterocycles. The van der Waals surface area contributed by atoms with Crippen molar-refractivity contribution >= 4 is 0 Å². The Kier molecular flexibility index (Phi) is 2.76. The first-order chi connectivity index (χ1) is 8.86. The van der Waals surface area contributed by atoms with Gasteiger partial charge in [-0.2, -0.15) is 15.2 Å². The summed E-state index contributed by atoms with van der Waals surface area (Å²) in [6.45, 7) is 0. The van der Waals surface area contributed by atoms with Gasteiger partial charge in [0.25, 0.3) is 0 Å². The molecule has 2 aromatic rings. The molecule has 1 N–H and O–H groups in total. The van der Waals surface area contributed by atoms with Crippen molar-refractivity contribution < 1.29 is 0 Å². The molecule has 2 aromatic heterocycles. The minimum atomic E-state index is 0.116. The van der Waals surface area contributed by atoms with Crippen LogP contribution < -0.4 is 0 Å². The Balaban J connectivity index is 1.79. The Morgan fingerprint density at radius 2 is 2.39 bits per heavy atom. The zero-order valence-corrected chi connectivity index (χ0v) is 9.82. The minimum absolute atomic E-state index is 0.116. The Labute approximate surface area is 104 Å². The van der Waals surface area contributed by atoms with Crippen molar-refractivity contribution in [3.8, 4) is 17.6 Å². The van der Waals surface area contributed by atoms with Crippen LogP contribution in [0.1, 0.15) is 31.7 Å². The molecule has 2 unspecified atom stereocenters. The van der Waals surface area contributed by atoms with Crippen molar-refractivity contribution in [1.29, 1.82) is 5.26 Å². The number of aromatic nitrogens is 6. The molecule has 7 heteroatoms. The second-order valence-electron chi connectivity index (χ2n) is 4.55. The second kappa shape index (κ2) is 4.56. The molecule has 1 fully saturated rings. The molecule has 0 aromatic carbocycles. The second-order valence-corrected chi connectivity index (χ2v) is 4.55. The zero-order chi connectivity index (χ0) is 12.4. The molecule has 92 valence electrons. The van der Waals surface area contributed by atoms with Gasteiger partial charge in [0.05, 0.1) is 12.1 Å². The van der Waals surface area contributed by atoms with E-state index in [0.717, 1.165) is 31.4 Å². The summed E-state index contributed by atoms with van der Waals surface area (Å²) >= 11 is 0. The molecule has 0 bridgehead atoms. The van der Waals surface area contributed by atoms with Gasteiger partial charge in [-0.3, -0.25) is 5.10 Å². The van der Waals surface area contributed by atoms with Gasteiger partial charge in [0.1, 0.15) is 5.69 Å². The molecular formula is C11H13N7. The predicted octanol–water partition coefficient (Wildman–Crippen LogP) is 1.32. The normalized spacial score (nSPS) is 23.7. The minimum Gasteiger partial charge on any atom is -0.274 e. The van der Waals surface area contributed by atoms with Crippen LogP contribution in [0.4, 0.5) is 0 Å². The van der Waals surface area contributed by atoms with E-state index in [1.165, 1.54) is 0 Å². The number of H-pyrrole nitrogens is 1. The molecule has 1 aliphatic rings. The Bertz CT molecular complexity index is 550. The van der Waals surface area contributed by atoms with Crippen LogP contribution in [0.3, 0.4) is 0 Å². The number of nitrogens with one attached hydrogen (secondary N) is 1. The van der Waals surface area contributed by atoms with Crippen LogP contribution in [-0.4, -0.2) is 30.4 Å². The number of hydrogen-bond donors (Lipinski definition) is 1. The summed E-state index contributed by atoms with van der Waals surface area (Å²) in [5.74, 6) is 0.664. The topological polar surface area (TPSA) is 96.1 Å². The fraction of sp³-hybridized carbons (Fsp3) is 0.545. The van der Waals surface area contributed by atoms with Gasteiger partial charge < -0.3 is 0 Å². The average molecular weight is 243 g/mol. The van der Waals surface area contributed by atoms with E-state index in [4.69, 9.17) is 5.26 Å². The first-order valence-corrected chi connectivity index (χ1v) is 6.05. The van der Waals surface area contributed by atoms with E-state index in [1.807, 2.05) is 0 Å². The number of nitrogens with zero attached hydrogens (tertiary/aromatic N) is 6. The van der Waals surface area contributed by atoms with Crippen LogP contribution in [0.25, 0.3) is 11.5 Å². The fourth-order valence-electron chi connectivity index (χ4n) is 2.36. The van der Waals surface area contributed by atoms with Gasteiger partial charge in [0.15, 0.2) is 0 Å². The van der Waals surface area contributed by atoms with Crippen molar-refractivity contribution in [3.63, 3.8) is 0 Å². The van der Waals surface area contributed by atoms with Gasteiger partial charge >= 0.3 is 0 Å². The molecule has 18 heavy (non-hydrogen) atoms. The summed E-state index contributed by atoms with van der Waals surface area (Å²) in [5.41, 5.74) is 0.758. The summed E-state index contributed by atoms with van der Waals surface area (Å²) in [6, 6.07) is 4.33. The number of hydrogen-bond acceptors (Lipinski definition) is 5. The molecular weight excluding hydrogens is 230 g/mol. The monoisotopic (exact) mass is 243 g/mol. The Morgan fingerprint density at radius 1 is 1.44 bits per heavy atom.